The van der Waals surface area contributed by atoms with Crippen LogP contribution in [0.2, 0.25) is 0 Å². The molecule has 3 heteroatoms. The lowest BCUT2D eigenvalue weighted by Crippen LogP contribution is -2.20. The number of hydrogen-bond acceptors (Lipinski definition) is 1. The van der Waals surface area contributed by atoms with Gasteiger partial charge >= 0.3 is 0 Å². The van der Waals surface area contributed by atoms with Crippen LogP contribution in [0.5, 0.6) is 0 Å². The van der Waals surface area contributed by atoms with E-state index in [2.05, 4.69) is 133 Å². The quantitative estimate of drug-likeness (QED) is 0.308. The van der Waals surface area contributed by atoms with E-state index < -0.39 is 15.8 Å². The first-order chi connectivity index (χ1) is 15.4. The third-order valence-electron chi connectivity index (χ3n) is 5.08. The van der Waals surface area contributed by atoms with Gasteiger partial charge in [0.2, 0.25) is 0 Å². The number of rotatable bonds is 6. The minimum absolute atomic E-state index is 0.559. The van der Waals surface area contributed by atoms with Crippen LogP contribution in [0.15, 0.2) is 133 Å². The molecule has 0 aliphatic carbocycles. The van der Waals surface area contributed by atoms with Gasteiger partial charge in [0.05, 0.1) is 0 Å². The predicted molar refractivity (Wildman–Crippen MR) is 142 cm³/mol. The van der Waals surface area contributed by atoms with E-state index >= 15 is 0 Å². The molecule has 5 aromatic rings. The minimum atomic E-state index is -0.559. The van der Waals surface area contributed by atoms with Crippen LogP contribution in [0.1, 0.15) is 0 Å². The molecule has 0 N–H and O–H groups in total. The van der Waals surface area contributed by atoms with Crippen molar-refractivity contribution in [1.29, 1.82) is 0 Å². The Morgan fingerprint density at radius 2 is 0.581 bits per heavy atom. The van der Waals surface area contributed by atoms with Crippen LogP contribution < -0.4 is 30.5 Å². The van der Waals surface area contributed by atoms with Crippen LogP contribution in [0, 0.1) is 0 Å². The Balaban J connectivity index is 1.61. The molecule has 0 nitrogen and oxygen atoms in total. The second-order valence-corrected chi connectivity index (χ2v) is 13.2. The van der Waals surface area contributed by atoms with Crippen LogP contribution in [0.4, 0.5) is 0 Å². The van der Waals surface area contributed by atoms with E-state index in [0.717, 1.165) is 0 Å². The molecule has 150 valence electrons. The Hall–Kier alpha value is -2.56. The van der Waals surface area contributed by atoms with Crippen LogP contribution in [0.3, 0.4) is 0 Å². The Morgan fingerprint density at radius 3 is 0.839 bits per heavy atom. The summed E-state index contributed by atoms with van der Waals surface area (Å²) in [5.74, 6) is 0. The van der Waals surface area contributed by atoms with E-state index in [-0.39, 0.29) is 0 Å². The van der Waals surface area contributed by atoms with Gasteiger partial charge in [0.25, 0.3) is 0 Å². The molecule has 0 amide bonds. The Kier molecular flexibility index (Phi) is 6.38. The summed E-state index contributed by atoms with van der Waals surface area (Å²) in [5, 5.41) is 5.61. The highest BCUT2D eigenvalue weighted by Crippen LogP contribution is 2.39. The Labute approximate surface area is 190 Å². The van der Waals surface area contributed by atoms with Gasteiger partial charge in [-0.3, -0.25) is 0 Å². The zero-order valence-electron chi connectivity index (χ0n) is 17.0. The fourth-order valence-corrected chi connectivity index (χ4v) is 10.9. The van der Waals surface area contributed by atoms with Crippen LogP contribution in [-0.4, -0.2) is 0 Å². The summed E-state index contributed by atoms with van der Waals surface area (Å²) in [6.45, 7) is 0. The molecule has 5 rings (SSSR count). The van der Waals surface area contributed by atoms with Gasteiger partial charge in [-0.05, 0) is 49.2 Å². The molecule has 1 aromatic heterocycles. The zero-order valence-corrected chi connectivity index (χ0v) is 19.6. The van der Waals surface area contributed by atoms with Crippen molar-refractivity contribution in [1.82, 2.24) is 0 Å². The third kappa shape index (κ3) is 4.56. The summed E-state index contributed by atoms with van der Waals surface area (Å²) >= 11 is 1.99. The van der Waals surface area contributed by atoms with Gasteiger partial charge in [0, 0.05) is 9.24 Å². The largest absolute Gasteiger partial charge is 0.134 e. The molecule has 0 atom stereocenters. The van der Waals surface area contributed by atoms with Crippen molar-refractivity contribution in [3.63, 3.8) is 0 Å². The first kappa shape index (κ1) is 20.3. The van der Waals surface area contributed by atoms with E-state index in [0.29, 0.717) is 0 Å². The SMILES string of the molecule is c1ccc(P(c2ccccc2)c2ccc(P(c3ccccc3)c3ccccc3)s2)cc1. The number of hydrogen-bond donors (Lipinski definition) is 0. The molecule has 0 spiro atoms. The lowest BCUT2D eigenvalue weighted by molar-refractivity contribution is 1.75. The van der Waals surface area contributed by atoms with Gasteiger partial charge < -0.3 is 0 Å². The Bertz CT molecular complexity index is 1040. The van der Waals surface area contributed by atoms with Crippen molar-refractivity contribution in [3.8, 4) is 0 Å². The van der Waals surface area contributed by atoms with Crippen molar-refractivity contribution in [2.75, 3.05) is 0 Å². The molecule has 0 fully saturated rings. The van der Waals surface area contributed by atoms with Gasteiger partial charge in [0.15, 0.2) is 0 Å². The fraction of sp³-hybridized carbons (Fsp3) is 0. The molecule has 4 aromatic carbocycles. The average Bonchev–Trinajstić information content (AvgIpc) is 3.31. The van der Waals surface area contributed by atoms with E-state index in [9.17, 15) is 0 Å². The van der Waals surface area contributed by atoms with Crippen LogP contribution in [-0.2, 0) is 0 Å². The summed E-state index contributed by atoms with van der Waals surface area (Å²) in [4.78, 5) is 0. The van der Waals surface area contributed by atoms with Crippen LogP contribution in [0.25, 0.3) is 0 Å². The zero-order chi connectivity index (χ0) is 20.9. The molecular weight excluding hydrogens is 430 g/mol. The maximum Gasteiger partial charge on any atom is 0.0375 e. The lowest BCUT2D eigenvalue weighted by atomic mass is 10.4. The molecule has 1 heterocycles. The topological polar surface area (TPSA) is 0 Å². The van der Waals surface area contributed by atoms with Crippen molar-refractivity contribution in [2.45, 2.75) is 0 Å². The summed E-state index contributed by atoms with van der Waals surface area (Å²) < 4.78 is 2.92. The number of thiophene rings is 1. The van der Waals surface area contributed by atoms with Gasteiger partial charge in [-0.25, -0.2) is 0 Å². The lowest BCUT2D eigenvalue weighted by Gasteiger charge is -2.19. The molecular formula is C28H22P2S. The fourth-order valence-electron chi connectivity index (χ4n) is 3.67. The molecule has 31 heavy (non-hydrogen) atoms. The first-order valence-electron chi connectivity index (χ1n) is 10.3. The maximum absolute atomic E-state index is 2.37. The first-order valence-corrected chi connectivity index (χ1v) is 13.8. The molecule has 0 saturated heterocycles. The predicted octanol–water partition coefficient (Wildman–Crippen LogP) is 5.26. The van der Waals surface area contributed by atoms with Crippen molar-refractivity contribution in [3.05, 3.63) is 133 Å². The van der Waals surface area contributed by atoms with Gasteiger partial charge in [-0.1, -0.05) is 121 Å². The van der Waals surface area contributed by atoms with Crippen LogP contribution >= 0.6 is 27.2 Å². The van der Waals surface area contributed by atoms with Gasteiger partial charge in [-0.2, -0.15) is 0 Å². The summed E-state index contributed by atoms with van der Waals surface area (Å²) in [5.41, 5.74) is 0. The molecule has 0 aliphatic rings. The molecule has 0 saturated carbocycles. The normalized spacial score (nSPS) is 11.2. The van der Waals surface area contributed by atoms with Crippen molar-refractivity contribution < 1.29 is 0 Å². The van der Waals surface area contributed by atoms with E-state index in [1.54, 1.807) is 0 Å². The highest BCUT2D eigenvalue weighted by Gasteiger charge is 2.22. The molecule has 0 radical (unpaired) electrons. The van der Waals surface area contributed by atoms with E-state index in [1.807, 2.05) is 11.3 Å². The van der Waals surface area contributed by atoms with Gasteiger partial charge in [0.1, 0.15) is 0 Å². The summed E-state index contributed by atoms with van der Waals surface area (Å²) in [6.07, 6.45) is 0. The standard InChI is InChI=1S/C28H22P2S/c1-5-13-23(14-6-1)29(24-15-7-2-8-16-24)27-21-22-28(31-27)30(25-17-9-3-10-18-25)26-19-11-4-12-20-26/h1-22H. The number of benzene rings is 4. The minimum Gasteiger partial charge on any atom is -0.134 e. The van der Waals surface area contributed by atoms with E-state index in [4.69, 9.17) is 0 Å². The van der Waals surface area contributed by atoms with E-state index in [1.165, 1.54) is 30.5 Å². The molecule has 0 aliphatic heterocycles. The summed E-state index contributed by atoms with van der Waals surface area (Å²) in [6, 6.07) is 48.6. The maximum atomic E-state index is 2.37. The monoisotopic (exact) mass is 452 g/mol. The van der Waals surface area contributed by atoms with Gasteiger partial charge in [-0.15, -0.1) is 11.3 Å². The summed E-state index contributed by atoms with van der Waals surface area (Å²) in [7, 11) is -1.12. The highest BCUT2D eigenvalue weighted by atomic mass is 32.1. The third-order valence-corrected chi connectivity index (χ3v) is 11.8. The average molecular weight is 452 g/mol. The molecule has 0 bridgehead atoms. The second-order valence-electron chi connectivity index (χ2n) is 7.12. The molecule has 0 unspecified atom stereocenters. The Morgan fingerprint density at radius 1 is 0.323 bits per heavy atom. The smallest absolute Gasteiger partial charge is 0.0375 e. The second kappa shape index (κ2) is 9.71. The van der Waals surface area contributed by atoms with Crippen molar-refractivity contribution >= 4 is 57.6 Å². The van der Waals surface area contributed by atoms with Crippen molar-refractivity contribution in [2.24, 2.45) is 0 Å². The highest BCUT2D eigenvalue weighted by molar-refractivity contribution is 7.89.